The predicted molar refractivity (Wildman–Crippen MR) is 116 cm³/mol. The molecule has 32 heavy (non-hydrogen) atoms. The summed E-state index contributed by atoms with van der Waals surface area (Å²) >= 11 is 0. The van der Waals surface area contributed by atoms with Crippen molar-refractivity contribution in [3.05, 3.63) is 59.2 Å². The maximum Gasteiger partial charge on any atom is 0.416 e. The Morgan fingerprint density at radius 2 is 1.81 bits per heavy atom. The van der Waals surface area contributed by atoms with Gasteiger partial charge in [0.1, 0.15) is 0 Å². The van der Waals surface area contributed by atoms with Crippen molar-refractivity contribution in [1.82, 2.24) is 14.7 Å². The largest absolute Gasteiger partial charge is 0.416 e. The van der Waals surface area contributed by atoms with Gasteiger partial charge < -0.3 is 10.0 Å². The normalized spacial score (nSPS) is 20.8. The Morgan fingerprint density at radius 1 is 1.12 bits per heavy atom. The van der Waals surface area contributed by atoms with Gasteiger partial charge in [-0.15, -0.1) is 0 Å². The molecule has 1 saturated heterocycles. The second-order valence-corrected chi connectivity index (χ2v) is 8.72. The van der Waals surface area contributed by atoms with Crippen LogP contribution >= 0.6 is 0 Å². The van der Waals surface area contributed by atoms with Crippen molar-refractivity contribution in [3.8, 4) is 11.1 Å². The van der Waals surface area contributed by atoms with Crippen LogP contribution in [0, 0.1) is 0 Å². The third-order valence-corrected chi connectivity index (χ3v) is 6.40. The zero-order chi connectivity index (χ0) is 23.0. The van der Waals surface area contributed by atoms with Crippen molar-refractivity contribution in [2.75, 3.05) is 26.3 Å². The van der Waals surface area contributed by atoms with Crippen molar-refractivity contribution < 1.29 is 23.1 Å². The fraction of sp³-hybridized carbons (Fsp3) is 0.458. The summed E-state index contributed by atoms with van der Waals surface area (Å²) in [4.78, 5) is 18.3. The highest BCUT2D eigenvalue weighted by Gasteiger charge is 2.41. The van der Waals surface area contributed by atoms with Crippen molar-refractivity contribution >= 4 is 5.91 Å². The van der Waals surface area contributed by atoms with E-state index in [1.807, 2.05) is 24.3 Å². The first-order valence-corrected chi connectivity index (χ1v) is 10.9. The third-order valence-electron chi connectivity index (χ3n) is 6.40. The minimum Gasteiger partial charge on any atom is -0.382 e. The number of hydrogen-bond donors (Lipinski definition) is 1. The fourth-order valence-electron chi connectivity index (χ4n) is 4.44. The molecule has 2 aliphatic rings. The summed E-state index contributed by atoms with van der Waals surface area (Å²) in [6.45, 7) is 7.71. The van der Waals surface area contributed by atoms with Gasteiger partial charge in [-0.05, 0) is 47.9 Å². The maximum atomic E-state index is 12.7. The van der Waals surface area contributed by atoms with Crippen molar-refractivity contribution in [3.63, 3.8) is 0 Å². The molecule has 1 amide bonds. The molecule has 2 aromatic carbocycles. The van der Waals surface area contributed by atoms with E-state index in [2.05, 4.69) is 35.8 Å². The van der Waals surface area contributed by atoms with Gasteiger partial charge in [-0.2, -0.15) is 13.2 Å². The molecule has 172 valence electrons. The zero-order valence-electron chi connectivity index (χ0n) is 18.3. The molecule has 0 radical (unpaired) electrons. The Hall–Kier alpha value is -2.42. The first kappa shape index (κ1) is 22.8. The molecule has 8 heteroatoms. The fourth-order valence-corrected chi connectivity index (χ4v) is 4.44. The van der Waals surface area contributed by atoms with Crippen molar-refractivity contribution in [2.24, 2.45) is 0 Å². The molecule has 2 atom stereocenters. The molecule has 0 saturated carbocycles. The standard InChI is InChI=1S/C24H28F3N3O2/c1-3-28-11-16(2)30(15-28)12-17-4-6-18(7-5-17)19-8-9-21-20(10-19)13-29(23(21)32)14-22(31)24(25,26)27/h4-10,16,22,31H,3,11-15H2,1-2H3. The predicted octanol–water partition coefficient (Wildman–Crippen LogP) is 3.72. The van der Waals surface area contributed by atoms with Gasteiger partial charge in [0.15, 0.2) is 6.10 Å². The lowest BCUT2D eigenvalue weighted by Gasteiger charge is -2.21. The summed E-state index contributed by atoms with van der Waals surface area (Å²) in [5.41, 5.74) is 4.19. The van der Waals surface area contributed by atoms with Crippen LogP contribution in [0.3, 0.4) is 0 Å². The van der Waals surface area contributed by atoms with Crippen LogP contribution in [0.2, 0.25) is 0 Å². The summed E-state index contributed by atoms with van der Waals surface area (Å²) in [7, 11) is 0. The number of fused-ring (bicyclic) bond motifs is 1. The first-order chi connectivity index (χ1) is 15.2. The molecule has 0 aliphatic carbocycles. The SMILES string of the molecule is CCN1CC(C)N(Cc2ccc(-c3ccc4c(c3)CN(CC(O)C(F)(F)F)C4=O)cc2)C1. The van der Waals surface area contributed by atoms with Gasteiger partial charge in [-0.25, -0.2) is 0 Å². The molecule has 1 N–H and O–H groups in total. The molecule has 2 heterocycles. The van der Waals surface area contributed by atoms with E-state index in [9.17, 15) is 23.1 Å². The number of aliphatic hydroxyl groups excluding tert-OH is 1. The van der Waals surface area contributed by atoms with Gasteiger partial charge >= 0.3 is 6.18 Å². The van der Waals surface area contributed by atoms with E-state index < -0.39 is 24.7 Å². The van der Waals surface area contributed by atoms with Crippen LogP contribution in [0.15, 0.2) is 42.5 Å². The summed E-state index contributed by atoms with van der Waals surface area (Å²) in [6, 6.07) is 14.1. The van der Waals surface area contributed by atoms with Crippen LogP contribution < -0.4 is 0 Å². The van der Waals surface area contributed by atoms with Crippen LogP contribution in [0.4, 0.5) is 13.2 Å². The van der Waals surface area contributed by atoms with Crippen LogP contribution in [-0.2, 0) is 13.1 Å². The van der Waals surface area contributed by atoms with Gasteiger partial charge in [0.25, 0.3) is 5.91 Å². The molecule has 1 fully saturated rings. The van der Waals surface area contributed by atoms with Crippen LogP contribution in [-0.4, -0.2) is 70.3 Å². The van der Waals surface area contributed by atoms with E-state index in [-0.39, 0.29) is 6.54 Å². The van der Waals surface area contributed by atoms with Gasteiger partial charge in [0, 0.05) is 31.2 Å². The molecular weight excluding hydrogens is 419 g/mol. The lowest BCUT2D eigenvalue weighted by molar-refractivity contribution is -0.206. The van der Waals surface area contributed by atoms with Crippen LogP contribution in [0.1, 0.15) is 35.3 Å². The highest BCUT2D eigenvalue weighted by atomic mass is 19.4. The number of benzene rings is 2. The summed E-state index contributed by atoms with van der Waals surface area (Å²) in [5.74, 6) is -0.481. The minimum atomic E-state index is -4.75. The van der Waals surface area contributed by atoms with Crippen molar-refractivity contribution in [1.29, 1.82) is 0 Å². The Morgan fingerprint density at radius 3 is 2.44 bits per heavy atom. The van der Waals surface area contributed by atoms with E-state index in [1.54, 1.807) is 6.07 Å². The van der Waals surface area contributed by atoms with E-state index in [0.29, 0.717) is 17.2 Å². The molecule has 0 aromatic heterocycles. The summed E-state index contributed by atoms with van der Waals surface area (Å²) in [5, 5.41) is 9.32. The van der Waals surface area contributed by atoms with Gasteiger partial charge in [0.05, 0.1) is 13.2 Å². The maximum absolute atomic E-state index is 12.7. The molecule has 0 spiro atoms. The number of halogens is 3. The number of rotatable bonds is 6. The molecule has 2 aromatic rings. The van der Waals surface area contributed by atoms with E-state index in [0.717, 1.165) is 42.3 Å². The number of hydrogen-bond acceptors (Lipinski definition) is 4. The number of nitrogens with zero attached hydrogens (tertiary/aromatic N) is 3. The Kier molecular flexibility index (Phi) is 6.29. The summed E-state index contributed by atoms with van der Waals surface area (Å²) < 4.78 is 38.0. The monoisotopic (exact) mass is 447 g/mol. The minimum absolute atomic E-state index is 0.0635. The first-order valence-electron chi connectivity index (χ1n) is 10.9. The number of aliphatic hydroxyl groups is 1. The number of likely N-dealkylation sites (N-methyl/N-ethyl adjacent to an activating group) is 1. The average Bonchev–Trinajstić information content (AvgIpc) is 3.26. The van der Waals surface area contributed by atoms with E-state index in [4.69, 9.17) is 0 Å². The topological polar surface area (TPSA) is 47.0 Å². The number of alkyl halides is 3. The highest BCUT2D eigenvalue weighted by molar-refractivity contribution is 5.99. The second kappa shape index (κ2) is 8.84. The van der Waals surface area contributed by atoms with Gasteiger partial charge in [0.2, 0.25) is 0 Å². The third kappa shape index (κ3) is 4.67. The average molecular weight is 448 g/mol. The van der Waals surface area contributed by atoms with E-state index in [1.165, 1.54) is 5.56 Å². The highest BCUT2D eigenvalue weighted by Crippen LogP contribution is 2.30. The second-order valence-electron chi connectivity index (χ2n) is 8.72. The molecular formula is C24H28F3N3O2. The van der Waals surface area contributed by atoms with E-state index >= 15 is 0 Å². The molecule has 4 rings (SSSR count). The number of amides is 1. The number of carbonyl (C=O) groups is 1. The number of carbonyl (C=O) groups excluding carboxylic acids is 1. The molecule has 0 bridgehead atoms. The lowest BCUT2D eigenvalue weighted by atomic mass is 9.99. The number of β-amino-alcohol motifs (C(OH)–C–C–N with tert-alkyl or cyclic N) is 1. The molecule has 5 nitrogen and oxygen atoms in total. The van der Waals surface area contributed by atoms with Gasteiger partial charge in [-0.1, -0.05) is 37.3 Å². The summed E-state index contributed by atoms with van der Waals surface area (Å²) in [6.07, 6.45) is -7.29. The lowest BCUT2D eigenvalue weighted by Crippen LogP contribution is -2.41. The molecule has 2 aliphatic heterocycles. The van der Waals surface area contributed by atoms with Gasteiger partial charge in [-0.3, -0.25) is 14.6 Å². The molecule has 2 unspecified atom stereocenters. The Labute approximate surface area is 186 Å². The van der Waals surface area contributed by atoms with Crippen LogP contribution in [0.5, 0.6) is 0 Å². The smallest absolute Gasteiger partial charge is 0.382 e. The van der Waals surface area contributed by atoms with Crippen molar-refractivity contribution in [2.45, 2.75) is 45.3 Å². The Bertz CT molecular complexity index is 977. The quantitative estimate of drug-likeness (QED) is 0.734. The Balaban J connectivity index is 1.44. The van der Waals surface area contributed by atoms with Crippen LogP contribution in [0.25, 0.3) is 11.1 Å². The zero-order valence-corrected chi connectivity index (χ0v) is 18.3.